The van der Waals surface area contributed by atoms with E-state index >= 15 is 0 Å². The van der Waals surface area contributed by atoms with Crippen molar-refractivity contribution in [3.8, 4) is 0 Å². The Bertz CT molecular complexity index is 1020. The fourth-order valence-corrected chi connectivity index (χ4v) is 5.96. The molecule has 4 heteroatoms. The SMILES string of the molecule is Cc1ccc(S(=O)(=O)OC2CCCC(c3ccccc3)(c3ccccc3)CCC2)cc1. The van der Waals surface area contributed by atoms with Gasteiger partial charge in [-0.1, -0.05) is 78.4 Å². The van der Waals surface area contributed by atoms with Crippen molar-refractivity contribution in [1.29, 1.82) is 0 Å². The molecule has 0 bridgehead atoms. The summed E-state index contributed by atoms with van der Waals surface area (Å²) in [6.45, 7) is 1.94. The van der Waals surface area contributed by atoms with Gasteiger partial charge < -0.3 is 0 Å². The summed E-state index contributed by atoms with van der Waals surface area (Å²) in [6.07, 6.45) is 5.00. The van der Waals surface area contributed by atoms with Crippen LogP contribution in [0, 0.1) is 6.92 Å². The van der Waals surface area contributed by atoms with E-state index in [9.17, 15) is 8.42 Å². The maximum atomic E-state index is 12.8. The molecule has 0 saturated heterocycles. The van der Waals surface area contributed by atoms with Gasteiger partial charge in [0.25, 0.3) is 10.1 Å². The highest BCUT2D eigenvalue weighted by Crippen LogP contribution is 2.43. The molecule has 0 heterocycles. The van der Waals surface area contributed by atoms with E-state index in [2.05, 4.69) is 60.7 Å². The van der Waals surface area contributed by atoms with E-state index < -0.39 is 10.1 Å². The molecule has 0 N–H and O–H groups in total. The quantitative estimate of drug-likeness (QED) is 0.436. The van der Waals surface area contributed by atoms with Crippen LogP contribution in [0.15, 0.2) is 89.8 Å². The molecule has 0 atom stereocenters. The molecule has 0 spiro atoms. The summed E-state index contributed by atoms with van der Waals surface area (Å²) in [5.74, 6) is 0. The summed E-state index contributed by atoms with van der Waals surface area (Å²) in [4.78, 5) is 0.239. The van der Waals surface area contributed by atoms with E-state index in [0.29, 0.717) is 0 Å². The van der Waals surface area contributed by atoms with Crippen LogP contribution >= 0.6 is 0 Å². The Hall–Kier alpha value is -2.43. The Labute approximate surface area is 186 Å². The standard InChI is InChI=1S/C27H30O3S/c1-22-16-18-26(19-17-22)31(28,29)30-25-14-8-20-27(21-9-15-25,23-10-4-2-5-11-23)24-12-6-3-7-13-24/h2-7,10-13,16-19,25H,8-9,14-15,20-21H2,1H3. The maximum absolute atomic E-state index is 12.8. The second kappa shape index (κ2) is 9.37. The molecular formula is C27H30O3S. The second-order valence-corrected chi connectivity index (χ2v) is 10.2. The van der Waals surface area contributed by atoms with Crippen molar-refractivity contribution in [3.63, 3.8) is 0 Å². The molecule has 0 radical (unpaired) electrons. The number of hydrogen-bond donors (Lipinski definition) is 0. The van der Waals surface area contributed by atoms with E-state index in [0.717, 1.165) is 44.1 Å². The highest BCUT2D eigenvalue weighted by atomic mass is 32.2. The van der Waals surface area contributed by atoms with Gasteiger partial charge in [-0.25, -0.2) is 0 Å². The summed E-state index contributed by atoms with van der Waals surface area (Å²) in [6, 6.07) is 28.3. The van der Waals surface area contributed by atoms with Gasteiger partial charge in [-0.15, -0.1) is 0 Å². The van der Waals surface area contributed by atoms with Gasteiger partial charge in [-0.2, -0.15) is 8.42 Å². The fraction of sp³-hybridized carbons (Fsp3) is 0.333. The first-order valence-corrected chi connectivity index (χ1v) is 12.5. The first kappa shape index (κ1) is 21.8. The molecule has 0 aliphatic heterocycles. The van der Waals surface area contributed by atoms with Crippen molar-refractivity contribution in [2.75, 3.05) is 0 Å². The Balaban J connectivity index is 1.52. The molecule has 31 heavy (non-hydrogen) atoms. The summed E-state index contributed by atoms with van der Waals surface area (Å²) >= 11 is 0. The molecule has 0 unspecified atom stereocenters. The van der Waals surface area contributed by atoms with Crippen LogP contribution in [-0.2, 0) is 19.7 Å². The van der Waals surface area contributed by atoms with Gasteiger partial charge in [0.2, 0.25) is 0 Å². The third-order valence-electron chi connectivity index (χ3n) is 6.48. The van der Waals surface area contributed by atoms with Gasteiger partial charge in [0.1, 0.15) is 0 Å². The van der Waals surface area contributed by atoms with Gasteiger partial charge in [0, 0.05) is 5.41 Å². The lowest BCUT2D eigenvalue weighted by molar-refractivity contribution is 0.163. The molecule has 4 rings (SSSR count). The molecule has 1 aliphatic carbocycles. The maximum Gasteiger partial charge on any atom is 0.297 e. The monoisotopic (exact) mass is 434 g/mol. The third kappa shape index (κ3) is 4.91. The van der Waals surface area contributed by atoms with Crippen molar-refractivity contribution in [3.05, 3.63) is 102 Å². The highest BCUT2D eigenvalue weighted by Gasteiger charge is 2.35. The molecule has 1 aliphatic rings. The molecule has 3 aromatic carbocycles. The zero-order valence-corrected chi connectivity index (χ0v) is 18.9. The predicted molar refractivity (Wildman–Crippen MR) is 125 cm³/mol. The van der Waals surface area contributed by atoms with Gasteiger partial charge in [-0.3, -0.25) is 4.18 Å². The molecule has 1 saturated carbocycles. The summed E-state index contributed by atoms with van der Waals surface area (Å²) in [5, 5.41) is 0. The lowest BCUT2D eigenvalue weighted by Crippen LogP contribution is -2.31. The highest BCUT2D eigenvalue weighted by molar-refractivity contribution is 7.86. The Kier molecular flexibility index (Phi) is 6.59. The van der Waals surface area contributed by atoms with Crippen LogP contribution in [-0.4, -0.2) is 14.5 Å². The Morgan fingerprint density at radius 1 is 0.742 bits per heavy atom. The van der Waals surface area contributed by atoms with Crippen LogP contribution in [0.25, 0.3) is 0 Å². The summed E-state index contributed by atoms with van der Waals surface area (Å²) in [7, 11) is -3.74. The van der Waals surface area contributed by atoms with Gasteiger partial charge in [0.05, 0.1) is 11.0 Å². The largest absolute Gasteiger partial charge is 0.297 e. The van der Waals surface area contributed by atoms with E-state index in [4.69, 9.17) is 4.18 Å². The zero-order valence-electron chi connectivity index (χ0n) is 18.0. The van der Waals surface area contributed by atoms with Crippen LogP contribution in [0.3, 0.4) is 0 Å². The predicted octanol–water partition coefficient (Wildman–Crippen LogP) is 6.41. The smallest absolute Gasteiger partial charge is 0.263 e. The number of benzene rings is 3. The number of aryl methyl sites for hydroxylation is 1. The number of hydrogen-bond acceptors (Lipinski definition) is 3. The van der Waals surface area contributed by atoms with Crippen molar-refractivity contribution < 1.29 is 12.6 Å². The van der Waals surface area contributed by atoms with Crippen molar-refractivity contribution in [2.24, 2.45) is 0 Å². The minimum Gasteiger partial charge on any atom is -0.263 e. The van der Waals surface area contributed by atoms with Crippen LogP contribution in [0.5, 0.6) is 0 Å². The van der Waals surface area contributed by atoms with Crippen LogP contribution in [0.4, 0.5) is 0 Å². The van der Waals surface area contributed by atoms with E-state index in [1.165, 1.54) is 11.1 Å². The fourth-order valence-electron chi connectivity index (χ4n) is 4.83. The summed E-state index contributed by atoms with van der Waals surface area (Å²) in [5.41, 5.74) is 3.67. The first-order valence-electron chi connectivity index (χ1n) is 11.1. The van der Waals surface area contributed by atoms with E-state index in [1.807, 2.05) is 19.1 Å². The molecule has 3 aromatic rings. The average Bonchev–Trinajstić information content (AvgIpc) is 2.77. The third-order valence-corrected chi connectivity index (χ3v) is 7.86. The summed E-state index contributed by atoms with van der Waals surface area (Å²) < 4.78 is 31.2. The second-order valence-electron chi connectivity index (χ2n) is 8.58. The Morgan fingerprint density at radius 3 is 1.71 bits per heavy atom. The van der Waals surface area contributed by atoms with Gasteiger partial charge in [0.15, 0.2) is 0 Å². The number of rotatable bonds is 5. The molecular weight excluding hydrogens is 404 g/mol. The molecule has 3 nitrogen and oxygen atoms in total. The van der Waals surface area contributed by atoms with Gasteiger partial charge in [-0.05, 0) is 68.7 Å². The molecule has 0 aromatic heterocycles. The minimum absolute atomic E-state index is 0.0384. The normalized spacial score (nSPS) is 17.6. The molecule has 1 fully saturated rings. The van der Waals surface area contributed by atoms with Crippen LogP contribution in [0.2, 0.25) is 0 Å². The molecule has 0 amide bonds. The van der Waals surface area contributed by atoms with E-state index in [-0.39, 0.29) is 16.4 Å². The average molecular weight is 435 g/mol. The molecule has 162 valence electrons. The van der Waals surface area contributed by atoms with Crippen molar-refractivity contribution in [2.45, 2.75) is 61.9 Å². The van der Waals surface area contributed by atoms with Crippen LogP contribution in [0.1, 0.15) is 55.2 Å². The van der Waals surface area contributed by atoms with E-state index in [1.54, 1.807) is 12.1 Å². The lowest BCUT2D eigenvalue weighted by atomic mass is 9.67. The lowest BCUT2D eigenvalue weighted by Gasteiger charge is -2.38. The Morgan fingerprint density at radius 2 is 1.23 bits per heavy atom. The topological polar surface area (TPSA) is 43.4 Å². The van der Waals surface area contributed by atoms with Crippen LogP contribution < -0.4 is 0 Å². The van der Waals surface area contributed by atoms with Gasteiger partial charge >= 0.3 is 0 Å². The van der Waals surface area contributed by atoms with Crippen molar-refractivity contribution >= 4 is 10.1 Å². The van der Waals surface area contributed by atoms with Crippen molar-refractivity contribution in [1.82, 2.24) is 0 Å². The first-order chi connectivity index (χ1) is 15.0. The zero-order chi connectivity index (χ0) is 21.7. The minimum atomic E-state index is -3.74.